The monoisotopic (exact) mass is 143 g/mol. The third kappa shape index (κ3) is 2.94. The van der Waals surface area contributed by atoms with Crippen molar-refractivity contribution in [1.29, 1.82) is 0 Å². The summed E-state index contributed by atoms with van der Waals surface area (Å²) in [4.78, 5) is 0. The van der Waals surface area contributed by atoms with Crippen molar-refractivity contribution in [3.63, 3.8) is 0 Å². The molecule has 3 N–H and O–H groups in total. The van der Waals surface area contributed by atoms with Crippen molar-refractivity contribution in [2.45, 2.75) is 7.43 Å². The van der Waals surface area contributed by atoms with E-state index in [9.17, 15) is 0 Å². The van der Waals surface area contributed by atoms with E-state index < -0.39 is 0 Å². The number of hydrogen-bond acceptors (Lipinski definition) is 2. The molecule has 0 unspecified atom stereocenters. The van der Waals surface area contributed by atoms with Gasteiger partial charge >= 0.3 is 0 Å². The normalized spacial score (nSPS) is 7.20. The summed E-state index contributed by atoms with van der Waals surface area (Å²) in [6.45, 7) is 0. The minimum Gasteiger partial charge on any atom is -0.508 e. The molecule has 0 aromatic heterocycles. The number of phenols is 2. The minimum absolute atomic E-state index is 0. The zero-order valence-corrected chi connectivity index (χ0v) is 4.65. The molecule has 3 heteroatoms. The highest BCUT2D eigenvalue weighted by molar-refractivity contribution is 5.28. The maximum Gasteiger partial charge on any atom is 0.115 e. The molecule has 0 aliphatic heterocycles. The molecule has 0 heterocycles. The summed E-state index contributed by atoms with van der Waals surface area (Å²) in [6.07, 6.45) is 0. The molecule has 0 aliphatic rings. The Balaban J connectivity index is 0. The van der Waals surface area contributed by atoms with Crippen molar-refractivity contribution in [3.8, 4) is 11.5 Å². The van der Waals surface area contributed by atoms with Gasteiger partial charge in [-0.05, 0) is 24.3 Å². The van der Waals surface area contributed by atoms with Crippen molar-refractivity contribution in [1.82, 2.24) is 0 Å². The van der Waals surface area contributed by atoms with Crippen LogP contribution in [0, 0.1) is 0 Å². The largest absolute Gasteiger partial charge is 0.508 e. The van der Waals surface area contributed by atoms with Crippen LogP contribution in [-0.4, -0.2) is 15.7 Å². The van der Waals surface area contributed by atoms with Gasteiger partial charge in [-0.3, -0.25) is 5.48 Å². The van der Waals surface area contributed by atoms with Gasteiger partial charge in [0, 0.05) is 0 Å². The van der Waals surface area contributed by atoms with Crippen LogP contribution in [0.15, 0.2) is 24.3 Å². The van der Waals surface area contributed by atoms with Crippen LogP contribution in [-0.2, 0) is 0 Å². The molecule has 1 aromatic carbocycles. The molecular weight excluding hydrogens is 132 g/mol. The predicted molar refractivity (Wildman–Crippen MR) is 38.4 cm³/mol. The summed E-state index contributed by atoms with van der Waals surface area (Å²) in [5.74, 6) is 0.339. The molecule has 0 bridgehead atoms. The van der Waals surface area contributed by atoms with Gasteiger partial charge in [-0.25, -0.2) is 0 Å². The first-order chi connectivity index (χ1) is 3.79. The van der Waals surface area contributed by atoms with Crippen molar-refractivity contribution >= 4 is 0 Å². The Bertz CT molecular complexity index is 148. The quantitative estimate of drug-likeness (QED) is 0.482. The Kier molecular flexibility index (Phi) is 5.36. The lowest BCUT2D eigenvalue weighted by Gasteiger charge is -1.88. The Morgan fingerprint density at radius 3 is 1.20 bits per heavy atom. The summed E-state index contributed by atoms with van der Waals surface area (Å²) < 4.78 is 0. The van der Waals surface area contributed by atoms with Crippen LogP contribution in [0.1, 0.15) is 7.43 Å². The van der Waals surface area contributed by atoms with E-state index in [-0.39, 0.29) is 24.4 Å². The van der Waals surface area contributed by atoms with Crippen LogP contribution in [0.2, 0.25) is 0 Å². The van der Waals surface area contributed by atoms with Crippen LogP contribution in [0.25, 0.3) is 0 Å². The van der Waals surface area contributed by atoms with E-state index in [0.717, 1.165) is 0 Å². The van der Waals surface area contributed by atoms with Gasteiger partial charge in [-0.15, -0.1) is 0 Å². The molecule has 1 radical (unpaired) electrons. The third-order valence-corrected chi connectivity index (χ3v) is 0.850. The van der Waals surface area contributed by atoms with Crippen LogP contribution >= 0.6 is 0 Å². The average Bonchev–Trinajstić information content (AvgIpc) is 1.77. The van der Waals surface area contributed by atoms with E-state index in [4.69, 9.17) is 10.2 Å². The van der Waals surface area contributed by atoms with Gasteiger partial charge in [0.1, 0.15) is 11.5 Å². The van der Waals surface area contributed by atoms with E-state index in [1.165, 1.54) is 24.3 Å². The second-order valence-corrected chi connectivity index (χ2v) is 1.52. The second kappa shape index (κ2) is 4.64. The number of phenolic OH excluding ortho intramolecular Hbond substituents is 2. The lowest BCUT2D eigenvalue weighted by Crippen LogP contribution is -1.61. The molecule has 57 valence electrons. The highest BCUT2D eigenvalue weighted by Gasteiger charge is 1.84. The van der Waals surface area contributed by atoms with Gasteiger partial charge in [0.2, 0.25) is 0 Å². The second-order valence-electron chi connectivity index (χ2n) is 1.52. The van der Waals surface area contributed by atoms with Crippen molar-refractivity contribution in [2.75, 3.05) is 0 Å². The van der Waals surface area contributed by atoms with E-state index >= 15 is 0 Å². The molecule has 0 aliphatic carbocycles. The predicted octanol–water partition coefficient (Wildman–Crippen LogP) is 1.56. The fraction of sp³-hybridized carbons (Fsp3) is 0.143. The summed E-state index contributed by atoms with van der Waals surface area (Å²) in [5.41, 5.74) is 0. The summed E-state index contributed by atoms with van der Waals surface area (Å²) in [6, 6.07) is 5.70. The van der Waals surface area contributed by atoms with Gasteiger partial charge in [0.25, 0.3) is 0 Å². The van der Waals surface area contributed by atoms with Crippen LogP contribution in [0.3, 0.4) is 0 Å². The molecule has 0 spiro atoms. The molecule has 0 fully saturated rings. The summed E-state index contributed by atoms with van der Waals surface area (Å²) in [5, 5.41) is 17.3. The van der Waals surface area contributed by atoms with E-state index in [0.29, 0.717) is 0 Å². The highest BCUT2D eigenvalue weighted by atomic mass is 16.3. The van der Waals surface area contributed by atoms with Gasteiger partial charge in [-0.1, -0.05) is 7.43 Å². The first-order valence-corrected chi connectivity index (χ1v) is 2.27. The fourth-order valence-corrected chi connectivity index (χ4v) is 0.453. The van der Waals surface area contributed by atoms with Crippen LogP contribution in [0.5, 0.6) is 11.5 Å². The molecule has 3 nitrogen and oxygen atoms in total. The number of aromatic hydroxyl groups is 2. The Morgan fingerprint density at radius 1 is 0.800 bits per heavy atom. The zero-order chi connectivity index (χ0) is 5.98. The van der Waals surface area contributed by atoms with Crippen molar-refractivity contribution in [2.24, 2.45) is 0 Å². The fourth-order valence-electron chi connectivity index (χ4n) is 0.453. The molecule has 1 aromatic rings. The van der Waals surface area contributed by atoms with Gasteiger partial charge < -0.3 is 10.2 Å². The Hall–Kier alpha value is -1.22. The van der Waals surface area contributed by atoms with Gasteiger partial charge in [0.05, 0.1) is 0 Å². The number of benzene rings is 1. The van der Waals surface area contributed by atoms with Gasteiger partial charge in [0.15, 0.2) is 0 Å². The minimum atomic E-state index is 0. The SMILES string of the molecule is C.Oc1ccc(O)cc1.[OH]. The molecule has 0 saturated carbocycles. The summed E-state index contributed by atoms with van der Waals surface area (Å²) in [7, 11) is 0. The first kappa shape index (κ1) is 11.6. The van der Waals surface area contributed by atoms with Crippen molar-refractivity contribution < 1.29 is 15.7 Å². The molecule has 1 rings (SSSR count). The Labute approximate surface area is 59.9 Å². The maximum atomic E-state index is 8.65. The molecular formula is C7H11O3. The summed E-state index contributed by atoms with van der Waals surface area (Å²) >= 11 is 0. The number of hydrogen-bond donors (Lipinski definition) is 3. The lowest BCUT2D eigenvalue weighted by atomic mass is 10.3. The Morgan fingerprint density at radius 2 is 1.00 bits per heavy atom. The molecule has 0 atom stereocenters. The standard InChI is InChI=1S/C6H6O2.CH4.HO/c7-5-1-2-6(8)4-3-5;;/h1-4,7-8H;1H4;1H. The first-order valence-electron chi connectivity index (χ1n) is 2.27. The van der Waals surface area contributed by atoms with E-state index in [1.54, 1.807) is 0 Å². The average molecular weight is 143 g/mol. The molecule has 0 saturated heterocycles. The van der Waals surface area contributed by atoms with Crippen LogP contribution in [0.4, 0.5) is 0 Å². The van der Waals surface area contributed by atoms with Crippen LogP contribution < -0.4 is 0 Å². The van der Waals surface area contributed by atoms with E-state index in [2.05, 4.69) is 0 Å². The van der Waals surface area contributed by atoms with E-state index in [1.807, 2.05) is 0 Å². The highest BCUT2D eigenvalue weighted by Crippen LogP contribution is 2.13. The number of rotatable bonds is 0. The third-order valence-electron chi connectivity index (χ3n) is 0.850. The van der Waals surface area contributed by atoms with Gasteiger partial charge in [-0.2, -0.15) is 0 Å². The maximum absolute atomic E-state index is 8.65. The zero-order valence-electron chi connectivity index (χ0n) is 4.65. The van der Waals surface area contributed by atoms with Crippen molar-refractivity contribution in [3.05, 3.63) is 24.3 Å². The topological polar surface area (TPSA) is 70.5 Å². The smallest absolute Gasteiger partial charge is 0.115 e. The molecule has 0 amide bonds. The lowest BCUT2D eigenvalue weighted by molar-refractivity contribution is 0.460. The molecule has 10 heavy (non-hydrogen) atoms.